The van der Waals surface area contributed by atoms with Gasteiger partial charge in [-0.2, -0.15) is 5.10 Å². The SMILES string of the molecule is COc1ccc(-c2cccc3c(C(C)(O)CC(OC)OC)n(C)nc23)c(C)c1. The summed E-state index contributed by atoms with van der Waals surface area (Å²) in [5, 5.41) is 16.9. The maximum absolute atomic E-state index is 11.2. The number of aromatic nitrogens is 2. The highest BCUT2D eigenvalue weighted by molar-refractivity contribution is 5.96. The molecule has 0 aliphatic rings. The van der Waals surface area contributed by atoms with Crippen LogP contribution in [-0.2, 0) is 22.1 Å². The summed E-state index contributed by atoms with van der Waals surface area (Å²) < 4.78 is 17.7. The molecule has 1 heterocycles. The molecule has 28 heavy (non-hydrogen) atoms. The van der Waals surface area contributed by atoms with Crippen molar-refractivity contribution in [3.63, 3.8) is 0 Å². The second kappa shape index (κ2) is 7.91. The van der Waals surface area contributed by atoms with Gasteiger partial charge < -0.3 is 19.3 Å². The van der Waals surface area contributed by atoms with E-state index in [1.54, 1.807) is 32.9 Å². The first-order valence-electron chi connectivity index (χ1n) is 9.21. The largest absolute Gasteiger partial charge is 0.497 e. The van der Waals surface area contributed by atoms with Crippen LogP contribution in [0.15, 0.2) is 36.4 Å². The van der Waals surface area contributed by atoms with Crippen LogP contribution in [0, 0.1) is 6.92 Å². The second-order valence-corrected chi connectivity index (χ2v) is 7.23. The van der Waals surface area contributed by atoms with E-state index in [9.17, 15) is 5.11 Å². The minimum absolute atomic E-state index is 0.292. The van der Waals surface area contributed by atoms with Gasteiger partial charge in [-0.05, 0) is 37.1 Å². The minimum atomic E-state index is -1.17. The number of ether oxygens (including phenoxy) is 3. The molecule has 1 N–H and O–H groups in total. The van der Waals surface area contributed by atoms with Crippen LogP contribution in [-0.4, -0.2) is 42.5 Å². The Bertz CT molecular complexity index is 974. The zero-order chi connectivity index (χ0) is 20.5. The Kier molecular flexibility index (Phi) is 5.74. The van der Waals surface area contributed by atoms with Crippen LogP contribution < -0.4 is 4.74 Å². The predicted octanol–water partition coefficient (Wildman–Crippen LogP) is 3.77. The summed E-state index contributed by atoms with van der Waals surface area (Å²) in [6.45, 7) is 3.82. The van der Waals surface area contributed by atoms with Crippen molar-refractivity contribution in [3.05, 3.63) is 47.7 Å². The van der Waals surface area contributed by atoms with Crippen LogP contribution >= 0.6 is 0 Å². The number of hydrogen-bond acceptors (Lipinski definition) is 5. The van der Waals surface area contributed by atoms with E-state index >= 15 is 0 Å². The third-order valence-corrected chi connectivity index (χ3v) is 5.19. The molecule has 3 aromatic rings. The Hall–Kier alpha value is -2.41. The molecule has 6 heteroatoms. The summed E-state index contributed by atoms with van der Waals surface area (Å²) in [6.07, 6.45) is -0.215. The molecule has 0 radical (unpaired) electrons. The molecule has 1 unspecified atom stereocenters. The topological polar surface area (TPSA) is 65.7 Å². The highest BCUT2D eigenvalue weighted by Gasteiger charge is 2.33. The summed E-state index contributed by atoms with van der Waals surface area (Å²) in [5.41, 5.74) is 3.61. The normalized spacial score (nSPS) is 13.9. The van der Waals surface area contributed by atoms with Crippen LogP contribution in [0.3, 0.4) is 0 Å². The van der Waals surface area contributed by atoms with Crippen molar-refractivity contribution in [1.29, 1.82) is 0 Å². The third kappa shape index (κ3) is 3.63. The number of aliphatic hydroxyl groups is 1. The lowest BCUT2D eigenvalue weighted by Gasteiger charge is -2.27. The Morgan fingerprint density at radius 2 is 1.82 bits per heavy atom. The van der Waals surface area contributed by atoms with Crippen molar-refractivity contribution in [1.82, 2.24) is 9.78 Å². The molecule has 0 bridgehead atoms. The average Bonchev–Trinajstić information content (AvgIpc) is 3.02. The van der Waals surface area contributed by atoms with Crippen molar-refractivity contribution >= 4 is 10.9 Å². The Morgan fingerprint density at radius 3 is 2.43 bits per heavy atom. The van der Waals surface area contributed by atoms with Gasteiger partial charge in [-0.25, -0.2) is 0 Å². The molecule has 0 aliphatic carbocycles. The standard InChI is InChI=1S/C22H28N2O4/c1-14-12-15(26-4)10-11-16(14)17-8-7-9-18-20(17)23-24(3)21(18)22(2,25)13-19(27-5)28-6/h7-12,19,25H,13H2,1-6H3. The van der Waals surface area contributed by atoms with Crippen molar-refractivity contribution < 1.29 is 19.3 Å². The quantitative estimate of drug-likeness (QED) is 0.628. The fourth-order valence-electron chi connectivity index (χ4n) is 3.82. The third-order valence-electron chi connectivity index (χ3n) is 5.19. The van der Waals surface area contributed by atoms with Crippen molar-refractivity contribution in [2.45, 2.75) is 32.2 Å². The van der Waals surface area contributed by atoms with Crippen LogP contribution in [0.25, 0.3) is 22.0 Å². The van der Waals surface area contributed by atoms with Gasteiger partial charge in [-0.15, -0.1) is 0 Å². The molecule has 0 saturated heterocycles. The van der Waals surface area contributed by atoms with Gasteiger partial charge in [-0.3, -0.25) is 4.68 Å². The zero-order valence-corrected chi connectivity index (χ0v) is 17.3. The molecule has 0 fully saturated rings. The van der Waals surface area contributed by atoms with Crippen LogP contribution in [0.5, 0.6) is 5.75 Å². The molecule has 6 nitrogen and oxygen atoms in total. The van der Waals surface area contributed by atoms with Gasteiger partial charge in [-0.1, -0.05) is 24.3 Å². The van der Waals surface area contributed by atoms with E-state index in [1.165, 1.54) is 0 Å². The lowest BCUT2D eigenvalue weighted by Crippen LogP contribution is -2.31. The van der Waals surface area contributed by atoms with Gasteiger partial charge in [0.1, 0.15) is 16.9 Å². The smallest absolute Gasteiger partial charge is 0.159 e. The highest BCUT2D eigenvalue weighted by Crippen LogP contribution is 2.37. The first kappa shape index (κ1) is 20.3. The average molecular weight is 384 g/mol. The first-order chi connectivity index (χ1) is 13.3. The molecular formula is C22H28N2O4. The predicted molar refractivity (Wildman–Crippen MR) is 109 cm³/mol. The number of rotatable bonds is 7. The minimum Gasteiger partial charge on any atom is -0.497 e. The van der Waals surface area contributed by atoms with E-state index in [2.05, 4.69) is 13.0 Å². The van der Waals surface area contributed by atoms with Gasteiger partial charge in [0.15, 0.2) is 6.29 Å². The molecule has 150 valence electrons. The molecule has 0 saturated carbocycles. The molecule has 0 aliphatic heterocycles. The van der Waals surface area contributed by atoms with E-state index in [4.69, 9.17) is 19.3 Å². The van der Waals surface area contributed by atoms with Crippen molar-refractivity contribution in [3.8, 4) is 16.9 Å². The Balaban J connectivity index is 2.15. The molecule has 0 spiro atoms. The molecule has 2 aromatic carbocycles. The first-order valence-corrected chi connectivity index (χ1v) is 9.21. The zero-order valence-electron chi connectivity index (χ0n) is 17.3. The van der Waals surface area contributed by atoms with Gasteiger partial charge in [0, 0.05) is 38.6 Å². The number of nitrogens with zero attached hydrogens (tertiary/aromatic N) is 2. The van der Waals surface area contributed by atoms with Crippen LogP contribution in [0.2, 0.25) is 0 Å². The Labute approximate surface area is 165 Å². The van der Waals surface area contributed by atoms with Crippen LogP contribution in [0.4, 0.5) is 0 Å². The molecule has 1 atom stereocenters. The van der Waals surface area contributed by atoms with E-state index in [0.717, 1.165) is 39.0 Å². The summed E-state index contributed by atoms with van der Waals surface area (Å²) in [7, 11) is 6.64. The van der Waals surface area contributed by atoms with Gasteiger partial charge >= 0.3 is 0 Å². The van der Waals surface area contributed by atoms with E-state index in [0.29, 0.717) is 6.42 Å². The number of methoxy groups -OCH3 is 3. The van der Waals surface area contributed by atoms with E-state index in [1.807, 2.05) is 37.4 Å². The van der Waals surface area contributed by atoms with Crippen molar-refractivity contribution in [2.24, 2.45) is 7.05 Å². The molecular weight excluding hydrogens is 356 g/mol. The summed E-state index contributed by atoms with van der Waals surface area (Å²) >= 11 is 0. The highest BCUT2D eigenvalue weighted by atomic mass is 16.7. The van der Waals surface area contributed by atoms with Crippen molar-refractivity contribution in [2.75, 3.05) is 21.3 Å². The van der Waals surface area contributed by atoms with E-state index < -0.39 is 11.9 Å². The fourth-order valence-corrected chi connectivity index (χ4v) is 3.82. The monoisotopic (exact) mass is 384 g/mol. The Morgan fingerprint density at radius 1 is 1.11 bits per heavy atom. The van der Waals surface area contributed by atoms with Crippen LogP contribution in [0.1, 0.15) is 24.6 Å². The number of aryl methyl sites for hydroxylation is 2. The van der Waals surface area contributed by atoms with Gasteiger partial charge in [0.05, 0.1) is 12.8 Å². The van der Waals surface area contributed by atoms with E-state index in [-0.39, 0.29) is 0 Å². The fraction of sp³-hybridized carbons (Fsp3) is 0.409. The molecule has 0 amide bonds. The van der Waals surface area contributed by atoms with Gasteiger partial charge in [0.2, 0.25) is 0 Å². The summed E-state index contributed by atoms with van der Waals surface area (Å²) in [4.78, 5) is 0. The maximum atomic E-state index is 11.2. The second-order valence-electron chi connectivity index (χ2n) is 7.23. The summed E-state index contributed by atoms with van der Waals surface area (Å²) in [5.74, 6) is 0.822. The lowest BCUT2D eigenvalue weighted by molar-refractivity contribution is -0.143. The number of fused-ring (bicyclic) bond motifs is 1. The van der Waals surface area contributed by atoms with Gasteiger partial charge in [0.25, 0.3) is 0 Å². The number of benzene rings is 2. The molecule has 1 aromatic heterocycles. The number of hydrogen-bond donors (Lipinski definition) is 1. The lowest BCUT2D eigenvalue weighted by atomic mass is 9.92. The maximum Gasteiger partial charge on any atom is 0.159 e. The summed E-state index contributed by atoms with van der Waals surface area (Å²) in [6, 6.07) is 12.0. The molecule has 3 rings (SSSR count).